The molecule has 0 saturated heterocycles. The van der Waals surface area contributed by atoms with E-state index >= 15 is 0 Å². The largest absolute Gasteiger partial charge is 0.310 e. The van der Waals surface area contributed by atoms with Crippen LogP contribution < -0.4 is 9.80 Å². The summed E-state index contributed by atoms with van der Waals surface area (Å²) in [5.41, 5.74) is 17.7. The first-order chi connectivity index (χ1) is 32.2. The third kappa shape index (κ3) is 6.70. The van der Waals surface area contributed by atoms with E-state index in [0.717, 1.165) is 46.2 Å². The molecule has 1 atom stereocenters. The van der Waals surface area contributed by atoms with Gasteiger partial charge >= 0.3 is 0 Å². The number of anilines is 6. The van der Waals surface area contributed by atoms with Gasteiger partial charge in [-0.2, -0.15) is 0 Å². The van der Waals surface area contributed by atoms with Gasteiger partial charge in [-0.15, -0.1) is 0 Å². The predicted octanol–water partition coefficient (Wildman–Crippen LogP) is 16.9. The number of rotatable bonds is 9. The molecule has 4 heteroatoms. The fraction of sp³-hybridized carbons (Fsp3) is 0.0492. The minimum absolute atomic E-state index is 0.421. The Morgan fingerprint density at radius 3 is 1.34 bits per heavy atom. The Hall–Kier alpha value is -8.34. The lowest BCUT2D eigenvalue weighted by Crippen LogP contribution is -2.10. The highest BCUT2D eigenvalue weighted by atomic mass is 15.1. The van der Waals surface area contributed by atoms with E-state index in [1.807, 2.05) is 0 Å². The molecule has 0 aliphatic heterocycles. The van der Waals surface area contributed by atoms with Crippen LogP contribution >= 0.6 is 0 Å². The van der Waals surface area contributed by atoms with Crippen LogP contribution in [0, 0.1) is 0 Å². The van der Waals surface area contributed by atoms with Crippen LogP contribution in [-0.2, 0) is 0 Å². The third-order valence-corrected chi connectivity index (χ3v) is 13.1. The Kier molecular flexibility index (Phi) is 9.49. The van der Waals surface area contributed by atoms with Crippen LogP contribution in [0.2, 0.25) is 0 Å². The van der Waals surface area contributed by atoms with E-state index in [1.54, 1.807) is 0 Å². The highest BCUT2D eigenvalue weighted by Gasteiger charge is 2.25. The molecule has 9 aromatic carbocycles. The van der Waals surface area contributed by atoms with E-state index in [0.29, 0.717) is 5.92 Å². The second kappa shape index (κ2) is 16.1. The molecule has 0 N–H and O–H groups in total. The van der Waals surface area contributed by atoms with Crippen LogP contribution in [0.5, 0.6) is 0 Å². The molecule has 4 nitrogen and oxygen atoms in total. The summed E-state index contributed by atoms with van der Waals surface area (Å²) in [6.45, 7) is 2.36. The molecular formula is C61H46N4. The van der Waals surface area contributed by atoms with E-state index in [1.165, 1.54) is 60.8 Å². The standard InChI is InChI=1S/C61H46N4/c1-43-17-16-28-60-61(43)56-42-53(38-40-59(56)65(60)49-24-12-5-13-25-49)63(47-20-8-3-9-21-47)51-35-31-45(32-36-51)44-29-33-50(34-30-44)62(46-18-6-2-7-19-46)52-37-39-58-55(41-52)54-26-14-15-27-57(54)64(58)48-22-10-4-11-23-48/h2-16,18-43H,17H2,1H3. The Balaban J connectivity index is 0.902. The Labute approximate surface area is 379 Å². The second-order valence-electron chi connectivity index (χ2n) is 17.0. The SMILES string of the molecule is CC1CC=Cc2c1c1cc(N(c3ccccc3)c3ccc(-c4ccc(N(c5ccccc5)c5ccc6c(c5)c5ccccc5n6-c5ccccc5)cc4)cc3)ccc1n2-c1ccccc1. The summed E-state index contributed by atoms with van der Waals surface area (Å²) in [7, 11) is 0. The minimum Gasteiger partial charge on any atom is -0.310 e. The zero-order valence-corrected chi connectivity index (χ0v) is 36.2. The van der Waals surface area contributed by atoms with Gasteiger partial charge in [0, 0.05) is 67.4 Å². The molecule has 0 bridgehead atoms. The highest BCUT2D eigenvalue weighted by Crippen LogP contribution is 2.44. The summed E-state index contributed by atoms with van der Waals surface area (Å²) in [6.07, 6.45) is 5.67. The average molecular weight is 835 g/mol. The second-order valence-corrected chi connectivity index (χ2v) is 17.0. The quantitative estimate of drug-likeness (QED) is 0.144. The van der Waals surface area contributed by atoms with Crippen molar-refractivity contribution in [1.82, 2.24) is 9.13 Å². The van der Waals surface area contributed by atoms with Crippen molar-refractivity contribution >= 4 is 72.9 Å². The van der Waals surface area contributed by atoms with E-state index in [2.05, 4.69) is 269 Å². The summed E-state index contributed by atoms with van der Waals surface area (Å²) in [6, 6.07) is 83.4. The number of allylic oxidation sites excluding steroid dienone is 1. The highest BCUT2D eigenvalue weighted by molar-refractivity contribution is 6.10. The summed E-state index contributed by atoms with van der Waals surface area (Å²) >= 11 is 0. The van der Waals surface area contributed by atoms with Crippen LogP contribution in [0.3, 0.4) is 0 Å². The fourth-order valence-electron chi connectivity index (χ4n) is 10.1. The molecular weight excluding hydrogens is 789 g/mol. The Bertz CT molecular complexity index is 3500. The van der Waals surface area contributed by atoms with Crippen molar-refractivity contribution in [1.29, 1.82) is 0 Å². The monoisotopic (exact) mass is 834 g/mol. The van der Waals surface area contributed by atoms with Crippen LogP contribution in [0.4, 0.5) is 34.1 Å². The first-order valence-corrected chi connectivity index (χ1v) is 22.6. The molecule has 2 aromatic heterocycles. The first kappa shape index (κ1) is 38.3. The summed E-state index contributed by atoms with van der Waals surface area (Å²) in [5, 5.41) is 3.76. The summed E-state index contributed by atoms with van der Waals surface area (Å²) in [5.74, 6) is 0.421. The third-order valence-electron chi connectivity index (χ3n) is 13.1. The molecule has 12 rings (SSSR count). The molecule has 11 aromatic rings. The molecule has 1 unspecified atom stereocenters. The topological polar surface area (TPSA) is 16.3 Å². The van der Waals surface area contributed by atoms with E-state index < -0.39 is 0 Å². The van der Waals surface area contributed by atoms with Crippen molar-refractivity contribution in [3.05, 3.63) is 248 Å². The first-order valence-electron chi connectivity index (χ1n) is 22.6. The maximum absolute atomic E-state index is 2.43. The van der Waals surface area contributed by atoms with Crippen molar-refractivity contribution < 1.29 is 0 Å². The summed E-state index contributed by atoms with van der Waals surface area (Å²) < 4.78 is 4.80. The number of para-hydroxylation sites is 5. The Morgan fingerprint density at radius 2 is 0.785 bits per heavy atom. The number of hydrogen-bond donors (Lipinski definition) is 0. The van der Waals surface area contributed by atoms with E-state index in [9.17, 15) is 0 Å². The Morgan fingerprint density at radius 1 is 0.369 bits per heavy atom. The van der Waals surface area contributed by atoms with Gasteiger partial charge in [-0.05, 0) is 150 Å². The molecule has 310 valence electrons. The maximum atomic E-state index is 2.43. The lowest BCUT2D eigenvalue weighted by atomic mass is 9.90. The number of fused-ring (bicyclic) bond motifs is 6. The van der Waals surface area contributed by atoms with Crippen molar-refractivity contribution in [3.8, 4) is 22.5 Å². The average Bonchev–Trinajstić information content (AvgIpc) is 3.89. The fourth-order valence-corrected chi connectivity index (χ4v) is 10.1. The van der Waals surface area contributed by atoms with Gasteiger partial charge < -0.3 is 18.9 Å². The van der Waals surface area contributed by atoms with Gasteiger partial charge in [-0.1, -0.05) is 128 Å². The van der Waals surface area contributed by atoms with Gasteiger partial charge in [0.05, 0.1) is 16.6 Å². The molecule has 0 saturated carbocycles. The van der Waals surface area contributed by atoms with Gasteiger partial charge in [-0.25, -0.2) is 0 Å². The predicted molar refractivity (Wildman–Crippen MR) is 274 cm³/mol. The van der Waals surface area contributed by atoms with Gasteiger partial charge in [0.25, 0.3) is 0 Å². The van der Waals surface area contributed by atoms with Gasteiger partial charge in [-0.3, -0.25) is 0 Å². The van der Waals surface area contributed by atoms with Crippen molar-refractivity contribution in [2.45, 2.75) is 19.3 Å². The molecule has 0 spiro atoms. The minimum atomic E-state index is 0.421. The zero-order chi connectivity index (χ0) is 43.3. The molecule has 1 aliphatic carbocycles. The van der Waals surface area contributed by atoms with E-state index in [4.69, 9.17) is 0 Å². The number of aromatic nitrogens is 2. The number of nitrogens with zero attached hydrogens (tertiary/aromatic N) is 4. The number of hydrogen-bond acceptors (Lipinski definition) is 2. The van der Waals surface area contributed by atoms with E-state index in [-0.39, 0.29) is 0 Å². The molecule has 0 fully saturated rings. The smallest absolute Gasteiger partial charge is 0.0542 e. The molecule has 0 amide bonds. The van der Waals surface area contributed by atoms with Crippen LogP contribution in [0.15, 0.2) is 237 Å². The molecule has 2 heterocycles. The van der Waals surface area contributed by atoms with Gasteiger partial charge in [0.15, 0.2) is 0 Å². The molecule has 1 aliphatic rings. The van der Waals surface area contributed by atoms with Crippen molar-refractivity contribution in [2.24, 2.45) is 0 Å². The maximum Gasteiger partial charge on any atom is 0.0542 e. The summed E-state index contributed by atoms with van der Waals surface area (Å²) in [4.78, 5) is 4.74. The molecule has 0 radical (unpaired) electrons. The number of benzene rings is 9. The van der Waals surface area contributed by atoms with Crippen LogP contribution in [-0.4, -0.2) is 9.13 Å². The van der Waals surface area contributed by atoms with Crippen molar-refractivity contribution in [3.63, 3.8) is 0 Å². The van der Waals surface area contributed by atoms with Crippen LogP contribution in [0.25, 0.3) is 61.3 Å². The normalized spacial score (nSPS) is 13.3. The van der Waals surface area contributed by atoms with Crippen molar-refractivity contribution in [2.75, 3.05) is 9.80 Å². The van der Waals surface area contributed by atoms with Gasteiger partial charge in [0.2, 0.25) is 0 Å². The van der Waals surface area contributed by atoms with Gasteiger partial charge in [0.1, 0.15) is 0 Å². The lowest BCUT2D eigenvalue weighted by molar-refractivity contribution is 0.773. The lowest BCUT2D eigenvalue weighted by Gasteiger charge is -2.26. The molecule has 65 heavy (non-hydrogen) atoms. The van der Waals surface area contributed by atoms with Crippen LogP contribution in [0.1, 0.15) is 30.5 Å². The zero-order valence-electron chi connectivity index (χ0n) is 36.2.